The van der Waals surface area contributed by atoms with Crippen LogP contribution in [0.1, 0.15) is 23.5 Å². The van der Waals surface area contributed by atoms with Crippen LogP contribution in [0.15, 0.2) is 12.1 Å². The summed E-state index contributed by atoms with van der Waals surface area (Å²) in [4.78, 5) is 3.23. The van der Waals surface area contributed by atoms with E-state index in [2.05, 4.69) is 10.1 Å². The van der Waals surface area contributed by atoms with E-state index in [1.807, 2.05) is 0 Å². The van der Waals surface area contributed by atoms with Crippen LogP contribution in [0.25, 0.3) is 5.65 Å². The molecule has 0 unspecified atom stereocenters. The number of rotatable bonds is 1. The SMILES string of the molecule is Cc1c(C(F)F)ccc2nc(C(F)(F)F)nn12. The molecule has 2 aromatic rings. The highest BCUT2D eigenvalue weighted by atomic mass is 19.4. The lowest BCUT2D eigenvalue weighted by atomic mass is 10.2. The second-order valence-electron chi connectivity index (χ2n) is 3.38. The van der Waals surface area contributed by atoms with Gasteiger partial charge in [0.05, 0.1) is 5.69 Å². The minimum Gasteiger partial charge on any atom is -0.217 e. The van der Waals surface area contributed by atoms with Crippen molar-refractivity contribution in [1.82, 2.24) is 14.6 Å². The molecule has 0 aliphatic rings. The Morgan fingerprint density at radius 2 is 1.88 bits per heavy atom. The van der Waals surface area contributed by atoms with Crippen LogP contribution in [-0.2, 0) is 6.18 Å². The molecule has 0 aromatic carbocycles. The molecule has 2 aromatic heterocycles. The molecule has 0 saturated heterocycles. The summed E-state index contributed by atoms with van der Waals surface area (Å²) in [5, 5.41) is 3.17. The van der Waals surface area contributed by atoms with Gasteiger partial charge in [0.15, 0.2) is 5.65 Å². The Balaban J connectivity index is 2.66. The topological polar surface area (TPSA) is 30.2 Å². The van der Waals surface area contributed by atoms with Crippen LogP contribution < -0.4 is 0 Å². The number of aryl methyl sites for hydroxylation is 1. The lowest BCUT2D eigenvalue weighted by Gasteiger charge is -2.05. The molecule has 0 spiro atoms. The first-order valence-electron chi connectivity index (χ1n) is 4.52. The van der Waals surface area contributed by atoms with E-state index in [1.165, 1.54) is 6.92 Å². The number of alkyl halides is 5. The van der Waals surface area contributed by atoms with Crippen molar-refractivity contribution >= 4 is 5.65 Å². The van der Waals surface area contributed by atoms with Crippen molar-refractivity contribution < 1.29 is 22.0 Å². The zero-order chi connectivity index (χ0) is 12.8. The van der Waals surface area contributed by atoms with Gasteiger partial charge in [-0.25, -0.2) is 18.3 Å². The Bertz CT molecular complexity index is 557. The number of fused-ring (bicyclic) bond motifs is 1. The lowest BCUT2D eigenvalue weighted by molar-refractivity contribution is -0.144. The quantitative estimate of drug-likeness (QED) is 0.729. The van der Waals surface area contributed by atoms with Crippen LogP contribution in [-0.4, -0.2) is 14.6 Å². The number of hydrogen-bond donors (Lipinski definition) is 0. The number of aromatic nitrogens is 3. The van der Waals surface area contributed by atoms with E-state index in [4.69, 9.17) is 0 Å². The minimum absolute atomic E-state index is 0.0551. The molecule has 2 heterocycles. The molecule has 0 aliphatic carbocycles. The summed E-state index contributed by atoms with van der Waals surface area (Å²) >= 11 is 0. The monoisotopic (exact) mass is 251 g/mol. The van der Waals surface area contributed by atoms with Crippen LogP contribution >= 0.6 is 0 Å². The Kier molecular flexibility index (Phi) is 2.52. The van der Waals surface area contributed by atoms with Crippen molar-refractivity contribution in [3.05, 3.63) is 29.2 Å². The van der Waals surface area contributed by atoms with Gasteiger partial charge >= 0.3 is 6.18 Å². The average Bonchev–Trinajstić information content (AvgIpc) is 2.61. The van der Waals surface area contributed by atoms with Gasteiger partial charge in [0.25, 0.3) is 12.2 Å². The average molecular weight is 251 g/mol. The molecule has 0 bridgehead atoms. The van der Waals surface area contributed by atoms with E-state index >= 15 is 0 Å². The van der Waals surface area contributed by atoms with Gasteiger partial charge in [0.1, 0.15) is 0 Å². The Hall–Kier alpha value is -1.73. The maximum atomic E-state index is 12.5. The Labute approximate surface area is 91.9 Å². The van der Waals surface area contributed by atoms with E-state index in [9.17, 15) is 22.0 Å². The van der Waals surface area contributed by atoms with E-state index in [-0.39, 0.29) is 16.9 Å². The van der Waals surface area contributed by atoms with Crippen LogP contribution in [0, 0.1) is 6.92 Å². The second kappa shape index (κ2) is 3.64. The number of hydrogen-bond acceptors (Lipinski definition) is 2. The van der Waals surface area contributed by atoms with Gasteiger partial charge in [-0.1, -0.05) is 0 Å². The molecule has 0 N–H and O–H groups in total. The first-order chi connectivity index (χ1) is 7.80. The molecule has 3 nitrogen and oxygen atoms in total. The first-order valence-corrected chi connectivity index (χ1v) is 4.52. The van der Waals surface area contributed by atoms with Crippen LogP contribution in [0.5, 0.6) is 0 Å². The predicted molar refractivity (Wildman–Crippen MR) is 47.7 cm³/mol. The molecule has 0 atom stereocenters. The van der Waals surface area contributed by atoms with Gasteiger partial charge in [-0.05, 0) is 19.1 Å². The number of pyridine rings is 1. The summed E-state index contributed by atoms with van der Waals surface area (Å²) in [6.45, 7) is 1.27. The minimum atomic E-state index is -4.69. The van der Waals surface area contributed by atoms with Crippen molar-refractivity contribution in [2.45, 2.75) is 19.5 Å². The number of halogens is 5. The van der Waals surface area contributed by atoms with Crippen molar-refractivity contribution in [1.29, 1.82) is 0 Å². The van der Waals surface area contributed by atoms with Gasteiger partial charge in [0, 0.05) is 5.56 Å². The molecule has 8 heteroatoms. The summed E-state index contributed by atoms with van der Waals surface area (Å²) in [6.07, 6.45) is -7.46. The Morgan fingerprint density at radius 3 is 2.41 bits per heavy atom. The molecule has 0 radical (unpaired) electrons. The summed E-state index contributed by atoms with van der Waals surface area (Å²) in [5.41, 5.74) is -0.532. The standard InChI is InChI=1S/C9H6F5N3/c1-4-5(7(10)11)2-3-6-15-8(9(12,13)14)16-17(4)6/h2-3,7H,1H3. The molecule has 0 aliphatic heterocycles. The van der Waals surface area contributed by atoms with E-state index < -0.39 is 18.4 Å². The molecule has 2 rings (SSSR count). The van der Waals surface area contributed by atoms with Crippen LogP contribution in [0.4, 0.5) is 22.0 Å². The summed E-state index contributed by atoms with van der Waals surface area (Å²) in [7, 11) is 0. The van der Waals surface area contributed by atoms with Gasteiger partial charge in [-0.15, -0.1) is 5.10 Å². The maximum absolute atomic E-state index is 12.5. The van der Waals surface area contributed by atoms with E-state index in [1.54, 1.807) is 0 Å². The third kappa shape index (κ3) is 1.94. The third-order valence-corrected chi connectivity index (χ3v) is 2.27. The third-order valence-electron chi connectivity index (χ3n) is 2.27. The first kappa shape index (κ1) is 11.7. The van der Waals surface area contributed by atoms with Crippen LogP contribution in [0.2, 0.25) is 0 Å². The second-order valence-corrected chi connectivity index (χ2v) is 3.38. The fourth-order valence-corrected chi connectivity index (χ4v) is 1.44. The van der Waals surface area contributed by atoms with Crippen molar-refractivity contribution in [2.24, 2.45) is 0 Å². The van der Waals surface area contributed by atoms with Crippen molar-refractivity contribution in [2.75, 3.05) is 0 Å². The molecule has 92 valence electrons. The Morgan fingerprint density at radius 1 is 1.24 bits per heavy atom. The summed E-state index contributed by atoms with van der Waals surface area (Å²) in [5.74, 6) is -1.34. The zero-order valence-electron chi connectivity index (χ0n) is 8.46. The predicted octanol–water partition coefficient (Wildman–Crippen LogP) is 2.99. The summed E-state index contributed by atoms with van der Waals surface area (Å²) < 4.78 is 62.8. The molecular formula is C9H6F5N3. The normalized spacial score (nSPS) is 12.6. The zero-order valence-corrected chi connectivity index (χ0v) is 8.46. The van der Waals surface area contributed by atoms with Gasteiger partial charge < -0.3 is 0 Å². The highest BCUT2D eigenvalue weighted by molar-refractivity contribution is 5.42. The molecule has 0 fully saturated rings. The van der Waals surface area contributed by atoms with E-state index in [0.717, 1.165) is 16.6 Å². The smallest absolute Gasteiger partial charge is 0.217 e. The molecule has 0 saturated carbocycles. The molecule has 0 amide bonds. The van der Waals surface area contributed by atoms with Gasteiger partial charge in [-0.3, -0.25) is 0 Å². The summed E-state index contributed by atoms with van der Waals surface area (Å²) in [6, 6.07) is 2.13. The molecule has 17 heavy (non-hydrogen) atoms. The lowest BCUT2D eigenvalue weighted by Crippen LogP contribution is -2.08. The largest absolute Gasteiger partial charge is 0.453 e. The highest BCUT2D eigenvalue weighted by Gasteiger charge is 2.36. The fourth-order valence-electron chi connectivity index (χ4n) is 1.44. The highest BCUT2D eigenvalue weighted by Crippen LogP contribution is 2.28. The van der Waals surface area contributed by atoms with E-state index in [0.29, 0.717) is 0 Å². The van der Waals surface area contributed by atoms with Crippen molar-refractivity contribution in [3.63, 3.8) is 0 Å². The van der Waals surface area contributed by atoms with Gasteiger partial charge in [-0.2, -0.15) is 13.2 Å². The number of nitrogens with zero attached hydrogens (tertiary/aromatic N) is 3. The van der Waals surface area contributed by atoms with Crippen molar-refractivity contribution in [3.8, 4) is 0 Å². The van der Waals surface area contributed by atoms with Gasteiger partial charge in [0.2, 0.25) is 0 Å². The maximum Gasteiger partial charge on any atom is 0.453 e. The van der Waals surface area contributed by atoms with Crippen LogP contribution in [0.3, 0.4) is 0 Å². The molecular weight excluding hydrogens is 245 g/mol. The fraction of sp³-hybridized carbons (Fsp3) is 0.333.